The minimum Gasteiger partial charge on any atom is -0.361 e. The molecule has 2 heterocycles. The van der Waals surface area contributed by atoms with Gasteiger partial charge >= 0.3 is 6.18 Å². The maximum Gasteiger partial charge on any atom is 0.417 e. The minimum atomic E-state index is -4.71. The van der Waals surface area contributed by atoms with Gasteiger partial charge in [-0.2, -0.15) is 18.4 Å². The molecular weight excluding hydrogens is 439 g/mol. The molecule has 1 N–H and O–H groups in total. The molecule has 1 aliphatic rings. The number of anilines is 1. The summed E-state index contributed by atoms with van der Waals surface area (Å²) >= 11 is 0. The number of alkyl halides is 3. The molecule has 33 heavy (non-hydrogen) atoms. The van der Waals surface area contributed by atoms with E-state index in [0.29, 0.717) is 12.2 Å². The number of amides is 2. The third-order valence-corrected chi connectivity index (χ3v) is 5.81. The third-order valence-electron chi connectivity index (χ3n) is 5.81. The van der Waals surface area contributed by atoms with Gasteiger partial charge in [0.15, 0.2) is 0 Å². The zero-order valence-electron chi connectivity index (χ0n) is 18.5. The fourth-order valence-corrected chi connectivity index (χ4v) is 4.00. The fraction of sp³-hybridized carbons (Fsp3) is 0.455. The van der Waals surface area contributed by atoms with Crippen molar-refractivity contribution in [3.63, 3.8) is 0 Å². The van der Waals surface area contributed by atoms with E-state index in [0.717, 1.165) is 23.4 Å². The summed E-state index contributed by atoms with van der Waals surface area (Å²) < 4.78 is 45.4. The maximum atomic E-state index is 13.4. The molecule has 0 saturated carbocycles. The molecule has 1 fully saturated rings. The Morgan fingerprint density at radius 2 is 2.03 bits per heavy atom. The molecule has 1 atom stereocenters. The van der Waals surface area contributed by atoms with Crippen LogP contribution in [0, 0.1) is 25.2 Å². The number of likely N-dealkylation sites (N-methyl/N-ethyl adjacent to an activating group) is 1. The van der Waals surface area contributed by atoms with Gasteiger partial charge < -0.3 is 19.6 Å². The summed E-state index contributed by atoms with van der Waals surface area (Å²) in [7, 11) is 1.43. The Bertz CT molecular complexity index is 1070. The first-order valence-corrected chi connectivity index (χ1v) is 10.4. The van der Waals surface area contributed by atoms with Crippen molar-refractivity contribution in [2.75, 3.05) is 31.6 Å². The Morgan fingerprint density at radius 1 is 1.30 bits per heavy atom. The third kappa shape index (κ3) is 5.10. The van der Waals surface area contributed by atoms with Gasteiger partial charge in [0.05, 0.1) is 29.4 Å². The number of rotatable bonds is 5. The van der Waals surface area contributed by atoms with Crippen LogP contribution in [0.1, 0.15) is 34.6 Å². The summed E-state index contributed by atoms with van der Waals surface area (Å²) in [4.78, 5) is 28.5. The van der Waals surface area contributed by atoms with E-state index in [-0.39, 0.29) is 37.6 Å². The van der Waals surface area contributed by atoms with Gasteiger partial charge in [-0.15, -0.1) is 0 Å². The minimum absolute atomic E-state index is 0.0292. The van der Waals surface area contributed by atoms with Crippen LogP contribution in [-0.2, 0) is 22.2 Å². The molecule has 8 nitrogen and oxygen atoms in total. The number of aromatic nitrogens is 1. The second-order valence-electron chi connectivity index (χ2n) is 7.81. The van der Waals surface area contributed by atoms with Crippen molar-refractivity contribution in [1.29, 1.82) is 5.26 Å². The first-order valence-electron chi connectivity index (χ1n) is 10.4. The van der Waals surface area contributed by atoms with Gasteiger partial charge in [-0.25, -0.2) is 0 Å². The summed E-state index contributed by atoms with van der Waals surface area (Å²) in [6, 6.07) is 4.04. The standard InChI is InChI=1S/C22H24F3N5O3/c1-13-17(14(2)33-28-13)6-7-20(31)29-8-9-30(19(12-29)21(32)27-3)16-5-4-15(11-26)18(10-16)22(23,24)25/h4-5,10,19H,6-9,12H2,1-3H3,(H,27,32). The molecule has 0 aliphatic carbocycles. The van der Waals surface area contributed by atoms with E-state index in [1.807, 2.05) is 0 Å². The number of nitrogens with zero attached hydrogens (tertiary/aromatic N) is 4. The summed E-state index contributed by atoms with van der Waals surface area (Å²) in [5, 5.41) is 15.4. The van der Waals surface area contributed by atoms with Crippen molar-refractivity contribution >= 4 is 17.5 Å². The van der Waals surface area contributed by atoms with Crippen LogP contribution < -0.4 is 10.2 Å². The Morgan fingerprint density at radius 3 is 2.61 bits per heavy atom. The van der Waals surface area contributed by atoms with Crippen LogP contribution in [0.3, 0.4) is 0 Å². The van der Waals surface area contributed by atoms with Crippen LogP contribution in [0.15, 0.2) is 22.7 Å². The molecular formula is C22H24F3N5O3. The maximum absolute atomic E-state index is 13.4. The first-order chi connectivity index (χ1) is 15.6. The van der Waals surface area contributed by atoms with E-state index in [1.165, 1.54) is 18.0 Å². The van der Waals surface area contributed by atoms with Crippen LogP contribution >= 0.6 is 0 Å². The van der Waals surface area contributed by atoms with Gasteiger partial charge in [0.2, 0.25) is 11.8 Å². The lowest BCUT2D eigenvalue weighted by atomic mass is 10.0. The lowest BCUT2D eigenvalue weighted by molar-refractivity contribution is -0.137. The number of hydrogen-bond donors (Lipinski definition) is 1. The van der Waals surface area contributed by atoms with E-state index < -0.39 is 29.3 Å². The molecule has 0 spiro atoms. The molecule has 1 unspecified atom stereocenters. The lowest BCUT2D eigenvalue weighted by Gasteiger charge is -2.42. The van der Waals surface area contributed by atoms with Crippen molar-refractivity contribution in [2.45, 2.75) is 38.9 Å². The predicted molar refractivity (Wildman–Crippen MR) is 112 cm³/mol. The molecule has 1 saturated heterocycles. The van der Waals surface area contributed by atoms with Crippen molar-refractivity contribution < 1.29 is 27.3 Å². The lowest BCUT2D eigenvalue weighted by Crippen LogP contribution is -2.60. The molecule has 2 amide bonds. The van der Waals surface area contributed by atoms with Crippen molar-refractivity contribution in [3.05, 3.63) is 46.3 Å². The highest BCUT2D eigenvalue weighted by atomic mass is 19.4. The highest BCUT2D eigenvalue weighted by Crippen LogP contribution is 2.35. The molecule has 0 bridgehead atoms. The normalized spacial score (nSPS) is 16.5. The number of hydrogen-bond acceptors (Lipinski definition) is 6. The Labute approximate surface area is 188 Å². The van der Waals surface area contributed by atoms with Crippen LogP contribution in [0.5, 0.6) is 0 Å². The van der Waals surface area contributed by atoms with Crippen molar-refractivity contribution in [3.8, 4) is 6.07 Å². The second kappa shape index (κ2) is 9.52. The van der Waals surface area contributed by atoms with Crippen LogP contribution in [0.4, 0.5) is 18.9 Å². The van der Waals surface area contributed by atoms with Crippen LogP contribution in [-0.4, -0.2) is 54.6 Å². The second-order valence-corrected chi connectivity index (χ2v) is 7.81. The highest BCUT2D eigenvalue weighted by Gasteiger charge is 2.37. The Hall–Kier alpha value is -3.55. The molecule has 1 aliphatic heterocycles. The van der Waals surface area contributed by atoms with Gasteiger partial charge in [0.25, 0.3) is 0 Å². The number of nitriles is 1. The Balaban J connectivity index is 1.80. The van der Waals surface area contributed by atoms with E-state index in [4.69, 9.17) is 9.78 Å². The number of benzene rings is 1. The van der Waals surface area contributed by atoms with Gasteiger partial charge in [-0.1, -0.05) is 5.16 Å². The molecule has 0 radical (unpaired) electrons. The summed E-state index contributed by atoms with van der Waals surface area (Å²) in [6.07, 6.45) is -4.08. The number of carbonyl (C=O) groups is 2. The molecule has 1 aromatic heterocycles. The molecule has 1 aromatic carbocycles. The molecule has 2 aromatic rings. The van der Waals surface area contributed by atoms with E-state index in [1.54, 1.807) is 24.8 Å². The summed E-state index contributed by atoms with van der Waals surface area (Å²) in [5.74, 6) is 0.0603. The topological polar surface area (TPSA) is 102 Å². The zero-order chi connectivity index (χ0) is 24.3. The number of carbonyl (C=O) groups excluding carboxylic acids is 2. The van der Waals surface area contributed by atoms with Gasteiger partial charge in [-0.05, 0) is 38.5 Å². The van der Waals surface area contributed by atoms with Crippen LogP contribution in [0.25, 0.3) is 0 Å². The monoisotopic (exact) mass is 463 g/mol. The fourth-order valence-electron chi connectivity index (χ4n) is 4.00. The molecule has 3 rings (SSSR count). The SMILES string of the molecule is CNC(=O)C1CN(C(=O)CCc2c(C)noc2C)CCN1c1ccc(C#N)c(C(F)(F)F)c1. The quantitative estimate of drug-likeness (QED) is 0.731. The van der Waals surface area contributed by atoms with Crippen molar-refractivity contribution in [1.82, 2.24) is 15.4 Å². The highest BCUT2D eigenvalue weighted by molar-refractivity contribution is 5.87. The zero-order valence-corrected chi connectivity index (χ0v) is 18.5. The van der Waals surface area contributed by atoms with E-state index in [9.17, 15) is 22.8 Å². The van der Waals surface area contributed by atoms with E-state index in [2.05, 4.69) is 10.5 Å². The first kappa shape index (κ1) is 24.1. The summed E-state index contributed by atoms with van der Waals surface area (Å²) in [6.45, 7) is 4.01. The Kier molecular flexibility index (Phi) is 6.95. The predicted octanol–water partition coefficient (Wildman–Crippen LogP) is 2.58. The van der Waals surface area contributed by atoms with Gasteiger partial charge in [0, 0.05) is 37.8 Å². The van der Waals surface area contributed by atoms with Crippen molar-refractivity contribution in [2.24, 2.45) is 0 Å². The summed E-state index contributed by atoms with van der Waals surface area (Å²) in [5.41, 5.74) is 0.196. The number of piperazine rings is 1. The molecule has 176 valence electrons. The van der Waals surface area contributed by atoms with Crippen LogP contribution in [0.2, 0.25) is 0 Å². The molecule has 11 heteroatoms. The van der Waals surface area contributed by atoms with Gasteiger partial charge in [-0.3, -0.25) is 9.59 Å². The van der Waals surface area contributed by atoms with E-state index >= 15 is 0 Å². The number of nitrogens with one attached hydrogen (secondary N) is 1. The average Bonchev–Trinajstić information content (AvgIpc) is 3.12. The number of halogens is 3. The van der Waals surface area contributed by atoms with Gasteiger partial charge in [0.1, 0.15) is 11.8 Å². The smallest absolute Gasteiger partial charge is 0.361 e. The average molecular weight is 463 g/mol. The largest absolute Gasteiger partial charge is 0.417 e. The number of aryl methyl sites for hydroxylation is 2.